The third kappa shape index (κ3) is 3.08. The molecule has 23 heavy (non-hydrogen) atoms. The van der Waals surface area contributed by atoms with Gasteiger partial charge in [-0.3, -0.25) is 4.79 Å². The molecule has 4 nitrogen and oxygen atoms in total. The smallest absolute Gasteiger partial charge is 0.253 e. The molecular formula is C18H18FN3O. The second-order valence-corrected chi connectivity index (χ2v) is 5.62. The predicted molar refractivity (Wildman–Crippen MR) is 88.7 cm³/mol. The lowest BCUT2D eigenvalue weighted by atomic mass is 10.1. The largest absolute Gasteiger partial charge is 0.350 e. The minimum Gasteiger partial charge on any atom is -0.350 e. The van der Waals surface area contributed by atoms with Gasteiger partial charge in [0.2, 0.25) is 0 Å². The van der Waals surface area contributed by atoms with E-state index >= 15 is 0 Å². The van der Waals surface area contributed by atoms with Crippen molar-refractivity contribution in [3.8, 4) is 11.1 Å². The first kappa shape index (κ1) is 15.2. The SMILES string of the molecule is CCC(C)NC(=O)c1c[nH]c2ncc(-c3cccc(F)c3)cc12. The Kier molecular flexibility index (Phi) is 4.10. The van der Waals surface area contributed by atoms with E-state index in [1.807, 2.05) is 26.0 Å². The van der Waals surface area contributed by atoms with Gasteiger partial charge in [-0.1, -0.05) is 19.1 Å². The highest BCUT2D eigenvalue weighted by Gasteiger charge is 2.15. The lowest BCUT2D eigenvalue weighted by molar-refractivity contribution is 0.0941. The number of fused-ring (bicyclic) bond motifs is 1. The number of pyridine rings is 1. The molecule has 0 bridgehead atoms. The first-order valence-electron chi connectivity index (χ1n) is 7.62. The summed E-state index contributed by atoms with van der Waals surface area (Å²) < 4.78 is 13.4. The van der Waals surface area contributed by atoms with Gasteiger partial charge >= 0.3 is 0 Å². The molecule has 2 aromatic heterocycles. The molecule has 3 aromatic rings. The molecule has 2 N–H and O–H groups in total. The van der Waals surface area contributed by atoms with Gasteiger partial charge in [-0.25, -0.2) is 9.37 Å². The van der Waals surface area contributed by atoms with Crippen molar-refractivity contribution in [1.29, 1.82) is 0 Å². The minimum atomic E-state index is -0.300. The number of amides is 1. The Hall–Kier alpha value is -2.69. The van der Waals surface area contributed by atoms with Crippen LogP contribution in [0.1, 0.15) is 30.6 Å². The maximum Gasteiger partial charge on any atom is 0.253 e. The number of hydrogen-bond acceptors (Lipinski definition) is 2. The normalized spacial score (nSPS) is 12.3. The topological polar surface area (TPSA) is 57.8 Å². The number of halogens is 1. The zero-order chi connectivity index (χ0) is 16.4. The van der Waals surface area contributed by atoms with Gasteiger partial charge in [0, 0.05) is 29.4 Å². The van der Waals surface area contributed by atoms with Crippen LogP contribution in [0.3, 0.4) is 0 Å². The van der Waals surface area contributed by atoms with E-state index in [-0.39, 0.29) is 17.8 Å². The number of carbonyl (C=O) groups is 1. The predicted octanol–water partition coefficient (Wildman–Crippen LogP) is 3.90. The molecule has 2 heterocycles. The number of H-pyrrole nitrogens is 1. The lowest BCUT2D eigenvalue weighted by Crippen LogP contribution is -2.31. The number of benzene rings is 1. The van der Waals surface area contributed by atoms with Crippen LogP contribution in [0.2, 0.25) is 0 Å². The number of nitrogens with one attached hydrogen (secondary N) is 2. The third-order valence-corrected chi connectivity index (χ3v) is 3.92. The summed E-state index contributed by atoms with van der Waals surface area (Å²) in [5, 5.41) is 3.67. The van der Waals surface area contributed by atoms with E-state index in [1.165, 1.54) is 12.1 Å². The number of aromatic nitrogens is 2. The standard InChI is InChI=1S/C18H18FN3O/c1-3-11(2)22-18(23)16-10-21-17-15(16)8-13(9-20-17)12-5-4-6-14(19)7-12/h4-11H,3H2,1-2H3,(H,20,21)(H,22,23). The van der Waals surface area contributed by atoms with E-state index in [0.29, 0.717) is 11.2 Å². The fraction of sp³-hybridized carbons (Fsp3) is 0.222. The first-order valence-corrected chi connectivity index (χ1v) is 7.62. The second-order valence-electron chi connectivity index (χ2n) is 5.62. The van der Waals surface area contributed by atoms with Crippen molar-refractivity contribution in [2.24, 2.45) is 0 Å². The van der Waals surface area contributed by atoms with Crippen molar-refractivity contribution in [2.45, 2.75) is 26.3 Å². The summed E-state index contributed by atoms with van der Waals surface area (Å²) >= 11 is 0. The number of hydrogen-bond donors (Lipinski definition) is 2. The molecule has 0 fully saturated rings. The van der Waals surface area contributed by atoms with Crippen molar-refractivity contribution in [3.05, 3.63) is 54.1 Å². The fourth-order valence-corrected chi connectivity index (χ4v) is 2.42. The quantitative estimate of drug-likeness (QED) is 0.768. The molecule has 0 spiro atoms. The minimum absolute atomic E-state index is 0.104. The molecule has 0 radical (unpaired) electrons. The summed E-state index contributed by atoms with van der Waals surface area (Å²) in [4.78, 5) is 19.7. The Morgan fingerprint density at radius 1 is 1.35 bits per heavy atom. The van der Waals surface area contributed by atoms with E-state index < -0.39 is 0 Å². The maximum atomic E-state index is 13.4. The molecule has 0 aliphatic carbocycles. The number of carbonyl (C=O) groups excluding carboxylic acids is 1. The van der Waals surface area contributed by atoms with Crippen molar-refractivity contribution in [2.75, 3.05) is 0 Å². The monoisotopic (exact) mass is 311 g/mol. The van der Waals surface area contributed by atoms with Crippen molar-refractivity contribution >= 4 is 16.9 Å². The van der Waals surface area contributed by atoms with Gasteiger partial charge in [0.1, 0.15) is 11.5 Å². The van der Waals surface area contributed by atoms with Crippen LogP contribution in [0.15, 0.2) is 42.7 Å². The average Bonchev–Trinajstić information content (AvgIpc) is 2.97. The summed E-state index contributed by atoms with van der Waals surface area (Å²) in [6, 6.07) is 8.29. The first-order chi connectivity index (χ1) is 11.1. The van der Waals surface area contributed by atoms with Crippen molar-refractivity contribution in [3.63, 3.8) is 0 Å². The number of rotatable bonds is 4. The van der Waals surface area contributed by atoms with E-state index in [9.17, 15) is 9.18 Å². The van der Waals surface area contributed by atoms with Crippen LogP contribution in [-0.4, -0.2) is 21.9 Å². The van der Waals surface area contributed by atoms with Gasteiger partial charge in [-0.15, -0.1) is 0 Å². The number of nitrogens with zero attached hydrogens (tertiary/aromatic N) is 1. The van der Waals surface area contributed by atoms with Crippen LogP contribution in [0.4, 0.5) is 4.39 Å². The Bertz CT molecular complexity index is 856. The highest BCUT2D eigenvalue weighted by Crippen LogP contribution is 2.25. The molecule has 0 saturated carbocycles. The highest BCUT2D eigenvalue weighted by atomic mass is 19.1. The van der Waals surface area contributed by atoms with E-state index in [0.717, 1.165) is 22.9 Å². The third-order valence-electron chi connectivity index (χ3n) is 3.92. The molecule has 1 atom stereocenters. The van der Waals surface area contributed by atoms with Crippen LogP contribution in [0, 0.1) is 5.82 Å². The maximum absolute atomic E-state index is 13.4. The van der Waals surface area contributed by atoms with Crippen LogP contribution in [-0.2, 0) is 0 Å². The Balaban J connectivity index is 2.02. The van der Waals surface area contributed by atoms with Gasteiger partial charge in [-0.05, 0) is 37.1 Å². The van der Waals surface area contributed by atoms with Gasteiger partial charge in [0.05, 0.1) is 5.56 Å². The summed E-state index contributed by atoms with van der Waals surface area (Å²) in [6.45, 7) is 3.98. The fourth-order valence-electron chi connectivity index (χ4n) is 2.42. The summed E-state index contributed by atoms with van der Waals surface area (Å²) in [5.74, 6) is -0.435. The van der Waals surface area contributed by atoms with Crippen molar-refractivity contribution in [1.82, 2.24) is 15.3 Å². The molecule has 0 aliphatic rings. The zero-order valence-corrected chi connectivity index (χ0v) is 13.1. The molecule has 1 unspecified atom stereocenters. The van der Waals surface area contributed by atoms with Gasteiger partial charge in [0.15, 0.2) is 0 Å². The van der Waals surface area contributed by atoms with Crippen LogP contribution in [0.5, 0.6) is 0 Å². The molecule has 5 heteroatoms. The van der Waals surface area contributed by atoms with Gasteiger partial charge in [0.25, 0.3) is 5.91 Å². The van der Waals surface area contributed by atoms with E-state index in [1.54, 1.807) is 18.5 Å². The van der Waals surface area contributed by atoms with E-state index in [2.05, 4.69) is 15.3 Å². The van der Waals surface area contributed by atoms with Crippen LogP contribution >= 0.6 is 0 Å². The Morgan fingerprint density at radius 3 is 2.91 bits per heavy atom. The van der Waals surface area contributed by atoms with Gasteiger partial charge < -0.3 is 10.3 Å². The molecule has 1 amide bonds. The van der Waals surface area contributed by atoms with E-state index in [4.69, 9.17) is 0 Å². The molecule has 1 aromatic carbocycles. The zero-order valence-electron chi connectivity index (χ0n) is 13.1. The summed E-state index contributed by atoms with van der Waals surface area (Å²) in [7, 11) is 0. The highest BCUT2D eigenvalue weighted by molar-refractivity contribution is 6.06. The van der Waals surface area contributed by atoms with Crippen LogP contribution in [0.25, 0.3) is 22.2 Å². The molecule has 118 valence electrons. The molecule has 0 aliphatic heterocycles. The average molecular weight is 311 g/mol. The van der Waals surface area contributed by atoms with Crippen LogP contribution < -0.4 is 5.32 Å². The molecule has 0 saturated heterocycles. The number of aromatic amines is 1. The Labute approximate surface area is 133 Å². The van der Waals surface area contributed by atoms with Crippen molar-refractivity contribution < 1.29 is 9.18 Å². The molecule has 3 rings (SSSR count). The summed E-state index contributed by atoms with van der Waals surface area (Å²) in [6.07, 6.45) is 4.19. The summed E-state index contributed by atoms with van der Waals surface area (Å²) in [5.41, 5.74) is 2.69. The molecular weight excluding hydrogens is 293 g/mol. The van der Waals surface area contributed by atoms with Gasteiger partial charge in [-0.2, -0.15) is 0 Å². The lowest BCUT2D eigenvalue weighted by Gasteiger charge is -2.10. The Morgan fingerprint density at radius 2 is 2.17 bits per heavy atom. The second kappa shape index (κ2) is 6.20.